The highest BCUT2D eigenvalue weighted by Gasteiger charge is 2.07. The zero-order valence-corrected chi connectivity index (χ0v) is 11.4. The Kier molecular flexibility index (Phi) is 3.25. The molecule has 0 atom stereocenters. The molecule has 0 amide bonds. The van der Waals surface area contributed by atoms with E-state index in [2.05, 4.69) is 22.2 Å². The van der Waals surface area contributed by atoms with Gasteiger partial charge in [0.1, 0.15) is 11.6 Å². The number of furan rings is 1. The second-order valence-electron chi connectivity index (χ2n) is 4.85. The van der Waals surface area contributed by atoms with Crippen LogP contribution in [0.4, 0.5) is 0 Å². The number of nitrogens with zero attached hydrogens (tertiary/aromatic N) is 2. The van der Waals surface area contributed by atoms with E-state index in [1.807, 2.05) is 49.4 Å². The molecule has 0 N–H and O–H groups in total. The Morgan fingerprint density at radius 1 is 1.25 bits per heavy atom. The normalized spacial score (nSPS) is 11.4. The minimum absolute atomic E-state index is 0.762. The Morgan fingerprint density at radius 3 is 2.85 bits per heavy atom. The van der Waals surface area contributed by atoms with Crippen molar-refractivity contribution in [3.63, 3.8) is 0 Å². The van der Waals surface area contributed by atoms with Gasteiger partial charge in [-0.2, -0.15) is 0 Å². The molecule has 3 rings (SSSR count). The second kappa shape index (κ2) is 5.21. The van der Waals surface area contributed by atoms with Gasteiger partial charge in [-0.1, -0.05) is 24.3 Å². The van der Waals surface area contributed by atoms with E-state index in [4.69, 9.17) is 4.42 Å². The number of rotatable bonds is 4. The molecule has 3 nitrogen and oxygen atoms in total. The molecule has 0 saturated heterocycles. The summed E-state index contributed by atoms with van der Waals surface area (Å²) in [5.41, 5.74) is 3.21. The standard InChI is InChI=1S/C17H16N2O/c1-13(2)12-19-16-8-4-3-7-15(16)18-17(19)10-9-14-6-5-11-20-14/h3-11H,1,12H2,2H3. The van der Waals surface area contributed by atoms with Crippen molar-refractivity contribution >= 4 is 23.2 Å². The van der Waals surface area contributed by atoms with Crippen molar-refractivity contribution in [3.8, 4) is 0 Å². The Labute approximate surface area is 117 Å². The minimum atomic E-state index is 0.762. The summed E-state index contributed by atoms with van der Waals surface area (Å²) in [5, 5.41) is 0. The maximum Gasteiger partial charge on any atom is 0.134 e. The summed E-state index contributed by atoms with van der Waals surface area (Å²) in [5.74, 6) is 1.73. The topological polar surface area (TPSA) is 31.0 Å². The number of benzene rings is 1. The Bertz CT molecular complexity index is 763. The quantitative estimate of drug-likeness (QED) is 0.655. The van der Waals surface area contributed by atoms with Gasteiger partial charge in [0.25, 0.3) is 0 Å². The van der Waals surface area contributed by atoms with Crippen molar-refractivity contribution < 1.29 is 4.42 Å². The van der Waals surface area contributed by atoms with E-state index in [-0.39, 0.29) is 0 Å². The molecule has 100 valence electrons. The van der Waals surface area contributed by atoms with Gasteiger partial charge in [-0.05, 0) is 43.3 Å². The summed E-state index contributed by atoms with van der Waals surface area (Å²) >= 11 is 0. The number of imidazole rings is 1. The van der Waals surface area contributed by atoms with Crippen LogP contribution < -0.4 is 0 Å². The summed E-state index contributed by atoms with van der Waals surface area (Å²) < 4.78 is 7.47. The number of hydrogen-bond donors (Lipinski definition) is 0. The molecule has 2 aromatic heterocycles. The van der Waals surface area contributed by atoms with Gasteiger partial charge in [0.2, 0.25) is 0 Å². The number of hydrogen-bond acceptors (Lipinski definition) is 2. The lowest BCUT2D eigenvalue weighted by molar-refractivity contribution is 0.557. The lowest BCUT2D eigenvalue weighted by Gasteiger charge is -2.06. The first-order valence-corrected chi connectivity index (χ1v) is 6.55. The van der Waals surface area contributed by atoms with Crippen molar-refractivity contribution in [1.29, 1.82) is 0 Å². The van der Waals surface area contributed by atoms with Crippen LogP contribution in [0, 0.1) is 0 Å². The SMILES string of the molecule is C=C(C)Cn1c(C=Cc2ccco2)nc2ccccc21. The van der Waals surface area contributed by atoms with Gasteiger partial charge >= 0.3 is 0 Å². The Balaban J connectivity index is 2.06. The van der Waals surface area contributed by atoms with E-state index in [9.17, 15) is 0 Å². The lowest BCUT2D eigenvalue weighted by Crippen LogP contribution is -2.00. The zero-order chi connectivity index (χ0) is 13.9. The van der Waals surface area contributed by atoms with Crippen molar-refractivity contribution in [1.82, 2.24) is 9.55 Å². The molecule has 0 radical (unpaired) electrons. The van der Waals surface area contributed by atoms with Crippen molar-refractivity contribution in [3.05, 3.63) is 66.4 Å². The van der Waals surface area contributed by atoms with Gasteiger partial charge in [0.15, 0.2) is 0 Å². The second-order valence-corrected chi connectivity index (χ2v) is 4.85. The number of para-hydroxylation sites is 2. The van der Waals surface area contributed by atoms with Gasteiger partial charge in [0, 0.05) is 6.54 Å². The van der Waals surface area contributed by atoms with Crippen LogP contribution in [0.15, 0.2) is 59.2 Å². The summed E-state index contributed by atoms with van der Waals surface area (Å²) in [6, 6.07) is 11.9. The first kappa shape index (κ1) is 12.5. The Morgan fingerprint density at radius 2 is 2.10 bits per heavy atom. The fourth-order valence-corrected chi connectivity index (χ4v) is 2.20. The molecule has 0 aliphatic carbocycles. The van der Waals surface area contributed by atoms with Crippen molar-refractivity contribution in [2.45, 2.75) is 13.5 Å². The first-order chi connectivity index (χ1) is 9.74. The van der Waals surface area contributed by atoms with Crippen LogP contribution in [0.1, 0.15) is 18.5 Å². The Hall–Kier alpha value is -2.55. The van der Waals surface area contributed by atoms with Crippen LogP contribution in [0.3, 0.4) is 0 Å². The fraction of sp³-hybridized carbons (Fsp3) is 0.118. The molecule has 0 bridgehead atoms. The molecule has 2 heterocycles. The molecular weight excluding hydrogens is 248 g/mol. The predicted molar refractivity (Wildman–Crippen MR) is 82.2 cm³/mol. The van der Waals surface area contributed by atoms with Gasteiger partial charge in [0.05, 0.1) is 17.3 Å². The van der Waals surface area contributed by atoms with E-state index in [1.165, 1.54) is 0 Å². The van der Waals surface area contributed by atoms with Crippen LogP contribution in [0.5, 0.6) is 0 Å². The number of allylic oxidation sites excluding steroid dienone is 1. The van der Waals surface area contributed by atoms with Gasteiger partial charge in [-0.3, -0.25) is 0 Å². The van der Waals surface area contributed by atoms with Crippen LogP contribution in [0.25, 0.3) is 23.2 Å². The zero-order valence-electron chi connectivity index (χ0n) is 11.4. The maximum absolute atomic E-state index is 5.31. The van der Waals surface area contributed by atoms with Crippen LogP contribution in [-0.2, 0) is 6.54 Å². The fourth-order valence-electron chi connectivity index (χ4n) is 2.20. The summed E-state index contributed by atoms with van der Waals surface area (Å²) in [6.07, 6.45) is 5.56. The lowest BCUT2D eigenvalue weighted by atomic mass is 10.3. The van der Waals surface area contributed by atoms with E-state index >= 15 is 0 Å². The van der Waals surface area contributed by atoms with Crippen LogP contribution in [0.2, 0.25) is 0 Å². The van der Waals surface area contributed by atoms with E-state index in [0.29, 0.717) is 0 Å². The van der Waals surface area contributed by atoms with Crippen LogP contribution in [-0.4, -0.2) is 9.55 Å². The average Bonchev–Trinajstić information content (AvgIpc) is 3.04. The number of aromatic nitrogens is 2. The van der Waals surface area contributed by atoms with E-state index in [1.54, 1.807) is 6.26 Å². The average molecular weight is 264 g/mol. The molecule has 3 aromatic rings. The van der Waals surface area contributed by atoms with Crippen molar-refractivity contribution in [2.75, 3.05) is 0 Å². The van der Waals surface area contributed by atoms with Gasteiger partial charge in [-0.15, -0.1) is 0 Å². The molecule has 0 fully saturated rings. The van der Waals surface area contributed by atoms with Crippen molar-refractivity contribution in [2.24, 2.45) is 0 Å². The summed E-state index contributed by atoms with van der Waals surface area (Å²) in [7, 11) is 0. The highest BCUT2D eigenvalue weighted by molar-refractivity contribution is 5.79. The molecule has 1 aromatic carbocycles. The summed E-state index contributed by atoms with van der Waals surface area (Å²) in [6.45, 7) is 6.78. The molecule has 0 unspecified atom stereocenters. The third-order valence-electron chi connectivity index (χ3n) is 3.05. The van der Waals surface area contributed by atoms with E-state index in [0.717, 1.165) is 34.7 Å². The molecule has 3 heteroatoms. The minimum Gasteiger partial charge on any atom is -0.465 e. The molecule has 0 aliphatic rings. The first-order valence-electron chi connectivity index (χ1n) is 6.55. The predicted octanol–water partition coefficient (Wildman–Crippen LogP) is 4.38. The monoisotopic (exact) mass is 264 g/mol. The number of fused-ring (bicyclic) bond motifs is 1. The third kappa shape index (κ3) is 2.43. The van der Waals surface area contributed by atoms with Crippen LogP contribution >= 0.6 is 0 Å². The van der Waals surface area contributed by atoms with E-state index < -0.39 is 0 Å². The molecule has 0 spiro atoms. The summed E-state index contributed by atoms with van der Waals surface area (Å²) in [4.78, 5) is 4.66. The molecule has 0 saturated carbocycles. The highest BCUT2D eigenvalue weighted by Crippen LogP contribution is 2.19. The largest absolute Gasteiger partial charge is 0.465 e. The molecule has 20 heavy (non-hydrogen) atoms. The van der Waals surface area contributed by atoms with Gasteiger partial charge in [-0.25, -0.2) is 4.98 Å². The smallest absolute Gasteiger partial charge is 0.134 e. The third-order valence-corrected chi connectivity index (χ3v) is 3.05. The molecule has 0 aliphatic heterocycles. The molecular formula is C17H16N2O. The maximum atomic E-state index is 5.31. The highest BCUT2D eigenvalue weighted by atomic mass is 16.3. The van der Waals surface area contributed by atoms with Gasteiger partial charge < -0.3 is 8.98 Å².